The fourth-order valence-corrected chi connectivity index (χ4v) is 2.63. The molecule has 1 aromatic rings. The molecule has 108 valence electrons. The van der Waals surface area contributed by atoms with E-state index in [1.54, 1.807) is 0 Å². The van der Waals surface area contributed by atoms with E-state index in [4.69, 9.17) is 11.5 Å². The van der Waals surface area contributed by atoms with E-state index in [1.165, 1.54) is 23.1 Å². The van der Waals surface area contributed by atoms with Gasteiger partial charge in [-0.2, -0.15) is 0 Å². The molecular formula is C14H18FN3O2. The number of halogens is 1. The molecule has 1 fully saturated rings. The topological polar surface area (TPSA) is 89.4 Å². The maximum atomic E-state index is 13.5. The standard InChI is InChI=1S/C14H18FN3O2/c15-11-7-3-6-10(13(11)17)14(20)18(8-12(16)19)9-4-1-2-5-9/h3,6-7,9H,1-2,4-5,8,17H2,(H2,16,19). The highest BCUT2D eigenvalue weighted by Gasteiger charge is 2.29. The normalized spacial score (nSPS) is 15.2. The molecule has 0 heterocycles. The van der Waals surface area contributed by atoms with E-state index >= 15 is 0 Å². The van der Waals surface area contributed by atoms with Gasteiger partial charge in [0.1, 0.15) is 5.82 Å². The number of carbonyl (C=O) groups is 2. The third-order valence-corrected chi connectivity index (χ3v) is 3.64. The Hall–Kier alpha value is -2.11. The minimum atomic E-state index is -0.638. The van der Waals surface area contributed by atoms with Crippen molar-refractivity contribution in [1.82, 2.24) is 4.90 Å². The lowest BCUT2D eigenvalue weighted by Crippen LogP contribution is -2.44. The fraction of sp³-hybridized carbons (Fsp3) is 0.429. The largest absolute Gasteiger partial charge is 0.396 e. The van der Waals surface area contributed by atoms with Crippen molar-refractivity contribution >= 4 is 17.5 Å². The summed E-state index contributed by atoms with van der Waals surface area (Å²) in [6.07, 6.45) is 3.67. The Morgan fingerprint density at radius 2 is 1.95 bits per heavy atom. The second-order valence-corrected chi connectivity index (χ2v) is 5.04. The van der Waals surface area contributed by atoms with Crippen LogP contribution in [0.3, 0.4) is 0 Å². The van der Waals surface area contributed by atoms with Crippen molar-refractivity contribution in [2.75, 3.05) is 12.3 Å². The number of para-hydroxylation sites is 1. The summed E-state index contributed by atoms with van der Waals surface area (Å²) < 4.78 is 13.5. The molecule has 20 heavy (non-hydrogen) atoms. The summed E-state index contributed by atoms with van der Waals surface area (Å²) in [6, 6.07) is 4.05. The number of hydrogen-bond donors (Lipinski definition) is 2. The van der Waals surface area contributed by atoms with Gasteiger partial charge in [0.2, 0.25) is 5.91 Å². The molecule has 1 saturated carbocycles. The van der Waals surface area contributed by atoms with Gasteiger partial charge >= 0.3 is 0 Å². The van der Waals surface area contributed by atoms with E-state index in [-0.39, 0.29) is 23.8 Å². The fourth-order valence-electron chi connectivity index (χ4n) is 2.63. The average Bonchev–Trinajstić information content (AvgIpc) is 2.92. The molecule has 4 N–H and O–H groups in total. The number of nitrogens with zero attached hydrogens (tertiary/aromatic N) is 1. The lowest BCUT2D eigenvalue weighted by Gasteiger charge is -2.28. The molecule has 0 spiro atoms. The van der Waals surface area contributed by atoms with Crippen LogP contribution in [0.5, 0.6) is 0 Å². The van der Waals surface area contributed by atoms with Gasteiger partial charge in [-0.15, -0.1) is 0 Å². The van der Waals surface area contributed by atoms with Crippen molar-refractivity contribution in [3.8, 4) is 0 Å². The molecule has 2 amide bonds. The van der Waals surface area contributed by atoms with Crippen LogP contribution in [0, 0.1) is 5.82 Å². The SMILES string of the molecule is NC(=O)CN(C(=O)c1cccc(F)c1N)C1CCCC1. The summed E-state index contributed by atoms with van der Waals surface area (Å²) in [7, 11) is 0. The molecule has 1 aliphatic carbocycles. The minimum Gasteiger partial charge on any atom is -0.396 e. The van der Waals surface area contributed by atoms with E-state index in [2.05, 4.69) is 0 Å². The van der Waals surface area contributed by atoms with Gasteiger partial charge in [0.15, 0.2) is 0 Å². The Morgan fingerprint density at radius 1 is 1.30 bits per heavy atom. The van der Waals surface area contributed by atoms with Crippen LogP contribution < -0.4 is 11.5 Å². The molecule has 1 aromatic carbocycles. The summed E-state index contributed by atoms with van der Waals surface area (Å²) in [6.45, 7) is -0.167. The van der Waals surface area contributed by atoms with Crippen LogP contribution in [0.2, 0.25) is 0 Å². The molecule has 0 atom stereocenters. The van der Waals surface area contributed by atoms with Crippen molar-refractivity contribution in [2.45, 2.75) is 31.7 Å². The molecule has 0 unspecified atom stereocenters. The zero-order valence-corrected chi connectivity index (χ0v) is 11.1. The molecule has 0 saturated heterocycles. The van der Waals surface area contributed by atoms with Gasteiger partial charge in [-0.1, -0.05) is 18.9 Å². The van der Waals surface area contributed by atoms with Crippen molar-refractivity contribution < 1.29 is 14.0 Å². The number of rotatable bonds is 4. The lowest BCUT2D eigenvalue weighted by molar-refractivity contribution is -0.119. The Bertz CT molecular complexity index is 527. The summed E-state index contributed by atoms with van der Waals surface area (Å²) in [5, 5.41) is 0. The van der Waals surface area contributed by atoms with Crippen LogP contribution in [0.4, 0.5) is 10.1 Å². The highest BCUT2D eigenvalue weighted by molar-refractivity contribution is 6.00. The van der Waals surface area contributed by atoms with E-state index in [0.29, 0.717) is 0 Å². The minimum absolute atomic E-state index is 0.0299. The molecular weight excluding hydrogens is 261 g/mol. The number of nitrogens with two attached hydrogens (primary N) is 2. The van der Waals surface area contributed by atoms with Crippen molar-refractivity contribution in [3.05, 3.63) is 29.6 Å². The number of carbonyl (C=O) groups excluding carboxylic acids is 2. The first-order valence-corrected chi connectivity index (χ1v) is 6.64. The maximum absolute atomic E-state index is 13.5. The van der Waals surface area contributed by atoms with Gasteiger partial charge < -0.3 is 16.4 Å². The molecule has 0 aliphatic heterocycles. The van der Waals surface area contributed by atoms with Gasteiger partial charge in [-0.25, -0.2) is 4.39 Å². The molecule has 1 aliphatic rings. The number of benzene rings is 1. The smallest absolute Gasteiger partial charge is 0.256 e. The summed E-state index contributed by atoms with van der Waals surface area (Å²) in [4.78, 5) is 25.1. The Kier molecular flexibility index (Phi) is 4.22. The second kappa shape index (κ2) is 5.90. The third-order valence-electron chi connectivity index (χ3n) is 3.64. The van der Waals surface area contributed by atoms with Gasteiger partial charge in [0.05, 0.1) is 17.8 Å². The monoisotopic (exact) mass is 279 g/mol. The molecule has 0 radical (unpaired) electrons. The average molecular weight is 279 g/mol. The van der Waals surface area contributed by atoms with Gasteiger partial charge in [-0.3, -0.25) is 9.59 Å². The number of nitrogen functional groups attached to an aromatic ring is 1. The molecule has 5 nitrogen and oxygen atoms in total. The summed E-state index contributed by atoms with van der Waals surface area (Å²) in [5.74, 6) is -1.66. The first-order valence-electron chi connectivity index (χ1n) is 6.64. The van der Waals surface area contributed by atoms with Crippen LogP contribution in [0.25, 0.3) is 0 Å². The zero-order valence-electron chi connectivity index (χ0n) is 11.1. The maximum Gasteiger partial charge on any atom is 0.256 e. The number of amides is 2. The predicted octanol–water partition coefficient (Wildman–Crippen LogP) is 1.28. The van der Waals surface area contributed by atoms with E-state index in [9.17, 15) is 14.0 Å². The molecule has 0 bridgehead atoms. The van der Waals surface area contributed by atoms with Gasteiger partial charge in [0.25, 0.3) is 5.91 Å². The highest BCUT2D eigenvalue weighted by atomic mass is 19.1. The summed E-state index contributed by atoms with van der Waals surface area (Å²) in [5.41, 5.74) is 10.7. The van der Waals surface area contributed by atoms with Crippen LogP contribution in [-0.2, 0) is 4.79 Å². The molecule has 6 heteroatoms. The summed E-state index contributed by atoms with van der Waals surface area (Å²) >= 11 is 0. The Balaban J connectivity index is 2.29. The van der Waals surface area contributed by atoms with Crippen LogP contribution in [0.1, 0.15) is 36.0 Å². The van der Waals surface area contributed by atoms with Crippen LogP contribution in [-0.4, -0.2) is 29.3 Å². The molecule has 0 aromatic heterocycles. The third kappa shape index (κ3) is 2.89. The number of primary amides is 1. The Labute approximate surface area is 116 Å². The second-order valence-electron chi connectivity index (χ2n) is 5.04. The zero-order chi connectivity index (χ0) is 14.7. The van der Waals surface area contributed by atoms with Crippen molar-refractivity contribution in [1.29, 1.82) is 0 Å². The quantitative estimate of drug-likeness (QED) is 0.813. The highest BCUT2D eigenvalue weighted by Crippen LogP contribution is 2.26. The Morgan fingerprint density at radius 3 is 2.55 bits per heavy atom. The van der Waals surface area contributed by atoms with Gasteiger partial charge in [0, 0.05) is 6.04 Å². The lowest BCUT2D eigenvalue weighted by atomic mass is 10.1. The van der Waals surface area contributed by atoms with Crippen LogP contribution >= 0.6 is 0 Å². The van der Waals surface area contributed by atoms with Crippen molar-refractivity contribution in [3.63, 3.8) is 0 Å². The van der Waals surface area contributed by atoms with Crippen LogP contribution in [0.15, 0.2) is 18.2 Å². The van der Waals surface area contributed by atoms with E-state index in [0.717, 1.165) is 25.7 Å². The number of anilines is 1. The first kappa shape index (κ1) is 14.3. The molecule has 2 rings (SSSR count). The predicted molar refractivity (Wildman–Crippen MR) is 73.3 cm³/mol. The first-order chi connectivity index (χ1) is 9.50. The van der Waals surface area contributed by atoms with Crippen molar-refractivity contribution in [2.24, 2.45) is 5.73 Å². The van der Waals surface area contributed by atoms with E-state index in [1.807, 2.05) is 0 Å². The number of hydrogen-bond acceptors (Lipinski definition) is 3. The van der Waals surface area contributed by atoms with E-state index < -0.39 is 17.6 Å². The van der Waals surface area contributed by atoms with Gasteiger partial charge in [-0.05, 0) is 25.0 Å².